The van der Waals surface area contributed by atoms with Crippen LogP contribution in [0.5, 0.6) is 0 Å². The van der Waals surface area contributed by atoms with Crippen molar-refractivity contribution in [1.29, 1.82) is 5.26 Å². The van der Waals surface area contributed by atoms with Crippen LogP contribution in [-0.2, 0) is 0 Å². The number of nitrogens with one attached hydrogen (secondary N) is 1. The molecular formula is C14H16N4. The highest BCUT2D eigenvalue weighted by Gasteiger charge is 2.06. The summed E-state index contributed by atoms with van der Waals surface area (Å²) in [6.07, 6.45) is 0.847. The number of anilines is 1. The van der Waals surface area contributed by atoms with E-state index in [2.05, 4.69) is 16.4 Å². The van der Waals surface area contributed by atoms with Crippen molar-refractivity contribution in [3.8, 4) is 6.07 Å². The summed E-state index contributed by atoms with van der Waals surface area (Å²) in [5.74, 6) is 0.636. The van der Waals surface area contributed by atoms with Gasteiger partial charge in [-0.25, -0.2) is 4.98 Å². The lowest BCUT2D eigenvalue weighted by Crippen LogP contribution is -2.19. The topological polar surface area (TPSA) is 74.7 Å². The van der Waals surface area contributed by atoms with Gasteiger partial charge in [-0.2, -0.15) is 5.26 Å². The van der Waals surface area contributed by atoms with Crippen molar-refractivity contribution in [3.05, 3.63) is 35.9 Å². The molecule has 0 aliphatic rings. The zero-order valence-electron chi connectivity index (χ0n) is 10.4. The number of pyridine rings is 1. The zero-order valence-corrected chi connectivity index (χ0v) is 10.4. The Kier molecular flexibility index (Phi) is 3.75. The molecule has 18 heavy (non-hydrogen) atoms. The average Bonchev–Trinajstić information content (AvgIpc) is 2.37. The van der Waals surface area contributed by atoms with Gasteiger partial charge in [0.15, 0.2) is 0 Å². The maximum Gasteiger partial charge on any atom is 0.144 e. The van der Waals surface area contributed by atoms with Crippen molar-refractivity contribution in [2.75, 3.05) is 11.9 Å². The van der Waals surface area contributed by atoms with E-state index < -0.39 is 0 Å². The van der Waals surface area contributed by atoms with Gasteiger partial charge < -0.3 is 11.1 Å². The van der Waals surface area contributed by atoms with E-state index in [1.165, 1.54) is 0 Å². The molecular weight excluding hydrogens is 224 g/mol. The summed E-state index contributed by atoms with van der Waals surface area (Å²) >= 11 is 0. The number of nitriles is 1. The third kappa shape index (κ3) is 2.76. The number of hydrogen-bond donors (Lipinski definition) is 2. The second kappa shape index (κ2) is 5.48. The van der Waals surface area contributed by atoms with Gasteiger partial charge in [0.25, 0.3) is 0 Å². The third-order valence-corrected chi connectivity index (χ3v) is 2.74. The van der Waals surface area contributed by atoms with Crippen LogP contribution in [-0.4, -0.2) is 17.6 Å². The minimum atomic E-state index is 0.142. The predicted octanol–water partition coefficient (Wildman–Crippen LogP) is 2.26. The number of nitrogens with zero attached hydrogens (tertiary/aromatic N) is 2. The second-order valence-electron chi connectivity index (χ2n) is 4.38. The van der Waals surface area contributed by atoms with Crippen molar-refractivity contribution in [1.82, 2.24) is 4.98 Å². The molecule has 1 aromatic heterocycles. The van der Waals surface area contributed by atoms with E-state index in [1.54, 1.807) is 0 Å². The van der Waals surface area contributed by atoms with Crippen molar-refractivity contribution in [2.45, 2.75) is 19.4 Å². The van der Waals surface area contributed by atoms with Crippen molar-refractivity contribution in [3.63, 3.8) is 0 Å². The summed E-state index contributed by atoms with van der Waals surface area (Å²) in [6, 6.07) is 11.9. The number of benzene rings is 1. The summed E-state index contributed by atoms with van der Waals surface area (Å²) < 4.78 is 0. The fourth-order valence-corrected chi connectivity index (χ4v) is 1.75. The van der Waals surface area contributed by atoms with Gasteiger partial charge in [-0.05, 0) is 25.5 Å². The maximum atomic E-state index is 9.13. The molecule has 1 unspecified atom stereocenters. The molecule has 4 heteroatoms. The SMILES string of the molecule is CC(N)CCNc1nc2ccccc2cc1C#N. The molecule has 1 heterocycles. The highest BCUT2D eigenvalue weighted by Crippen LogP contribution is 2.19. The van der Waals surface area contributed by atoms with Gasteiger partial charge in [0.2, 0.25) is 0 Å². The Bertz CT molecular complexity index is 584. The normalized spacial score (nSPS) is 12.1. The van der Waals surface area contributed by atoms with Crippen LogP contribution in [0.1, 0.15) is 18.9 Å². The Morgan fingerprint density at radius 2 is 2.22 bits per heavy atom. The molecule has 1 atom stereocenters. The number of fused-ring (bicyclic) bond motifs is 1. The van der Waals surface area contributed by atoms with Gasteiger partial charge in [-0.15, -0.1) is 0 Å². The molecule has 0 saturated heterocycles. The fourth-order valence-electron chi connectivity index (χ4n) is 1.75. The minimum absolute atomic E-state index is 0.142. The highest BCUT2D eigenvalue weighted by molar-refractivity contribution is 5.82. The monoisotopic (exact) mass is 240 g/mol. The van der Waals surface area contributed by atoms with Crippen LogP contribution in [0.15, 0.2) is 30.3 Å². The Hall–Kier alpha value is -2.12. The first-order valence-corrected chi connectivity index (χ1v) is 6.00. The lowest BCUT2D eigenvalue weighted by atomic mass is 10.1. The number of aromatic nitrogens is 1. The van der Waals surface area contributed by atoms with Crippen molar-refractivity contribution in [2.24, 2.45) is 5.73 Å². The van der Waals surface area contributed by atoms with E-state index in [0.29, 0.717) is 11.4 Å². The van der Waals surface area contributed by atoms with E-state index in [1.807, 2.05) is 37.3 Å². The summed E-state index contributed by atoms with van der Waals surface area (Å²) in [6.45, 7) is 2.68. The molecule has 1 aromatic carbocycles. The Labute approximate surface area is 106 Å². The van der Waals surface area contributed by atoms with Crippen LogP contribution in [0.3, 0.4) is 0 Å². The molecule has 92 valence electrons. The van der Waals surface area contributed by atoms with E-state index in [-0.39, 0.29) is 6.04 Å². The third-order valence-electron chi connectivity index (χ3n) is 2.74. The molecule has 2 aromatic rings. The van der Waals surface area contributed by atoms with Gasteiger partial charge in [-0.3, -0.25) is 0 Å². The average molecular weight is 240 g/mol. The predicted molar refractivity (Wildman–Crippen MR) is 73.2 cm³/mol. The Balaban J connectivity index is 2.28. The van der Waals surface area contributed by atoms with Crippen LogP contribution in [0, 0.1) is 11.3 Å². The molecule has 0 radical (unpaired) electrons. The van der Waals surface area contributed by atoms with Crippen LogP contribution in [0.4, 0.5) is 5.82 Å². The summed E-state index contributed by atoms with van der Waals surface area (Å²) in [4.78, 5) is 4.47. The number of para-hydroxylation sites is 1. The molecule has 2 rings (SSSR count). The molecule has 0 spiro atoms. The van der Waals surface area contributed by atoms with Crippen LogP contribution in [0.2, 0.25) is 0 Å². The van der Waals surface area contributed by atoms with Crippen LogP contribution in [0.25, 0.3) is 10.9 Å². The van der Waals surface area contributed by atoms with Gasteiger partial charge in [-0.1, -0.05) is 18.2 Å². The smallest absolute Gasteiger partial charge is 0.144 e. The lowest BCUT2D eigenvalue weighted by molar-refractivity contribution is 0.689. The van der Waals surface area contributed by atoms with Crippen molar-refractivity contribution >= 4 is 16.7 Å². The van der Waals surface area contributed by atoms with E-state index in [9.17, 15) is 0 Å². The number of rotatable bonds is 4. The second-order valence-corrected chi connectivity index (χ2v) is 4.38. The van der Waals surface area contributed by atoms with Gasteiger partial charge >= 0.3 is 0 Å². The first-order chi connectivity index (χ1) is 8.70. The van der Waals surface area contributed by atoms with Gasteiger partial charge in [0.1, 0.15) is 11.9 Å². The molecule has 0 saturated carbocycles. The first-order valence-electron chi connectivity index (χ1n) is 6.00. The molecule has 4 nitrogen and oxygen atoms in total. The van der Waals surface area contributed by atoms with E-state index >= 15 is 0 Å². The van der Waals surface area contributed by atoms with Crippen molar-refractivity contribution < 1.29 is 0 Å². The van der Waals surface area contributed by atoms with Crippen LogP contribution >= 0.6 is 0 Å². The standard InChI is InChI=1S/C14H16N4/c1-10(16)6-7-17-14-12(9-15)8-11-4-2-3-5-13(11)18-14/h2-5,8,10H,6-7,16H2,1H3,(H,17,18). The quantitative estimate of drug-likeness (QED) is 0.859. The first kappa shape index (κ1) is 12.3. The zero-order chi connectivity index (χ0) is 13.0. The number of nitrogens with two attached hydrogens (primary N) is 1. The lowest BCUT2D eigenvalue weighted by Gasteiger charge is -2.10. The summed E-state index contributed by atoms with van der Waals surface area (Å²) in [7, 11) is 0. The van der Waals surface area contributed by atoms with Crippen LogP contribution < -0.4 is 11.1 Å². The Morgan fingerprint density at radius 1 is 1.44 bits per heavy atom. The molecule has 0 bridgehead atoms. The van der Waals surface area contributed by atoms with E-state index in [0.717, 1.165) is 23.9 Å². The minimum Gasteiger partial charge on any atom is -0.369 e. The fraction of sp³-hybridized carbons (Fsp3) is 0.286. The van der Waals surface area contributed by atoms with E-state index in [4.69, 9.17) is 11.0 Å². The molecule has 0 fully saturated rings. The Morgan fingerprint density at radius 3 is 2.94 bits per heavy atom. The summed E-state index contributed by atoms with van der Waals surface area (Å²) in [5.41, 5.74) is 7.15. The molecule has 0 aliphatic carbocycles. The highest BCUT2D eigenvalue weighted by atomic mass is 15.0. The van der Waals surface area contributed by atoms with Gasteiger partial charge in [0.05, 0.1) is 11.1 Å². The molecule has 3 N–H and O–H groups in total. The number of hydrogen-bond acceptors (Lipinski definition) is 4. The summed E-state index contributed by atoms with van der Waals surface area (Å²) in [5, 5.41) is 13.3. The maximum absolute atomic E-state index is 9.13. The molecule has 0 amide bonds. The molecule has 0 aliphatic heterocycles. The largest absolute Gasteiger partial charge is 0.369 e. The van der Waals surface area contributed by atoms with Gasteiger partial charge in [0, 0.05) is 18.0 Å².